The first-order chi connectivity index (χ1) is 11.2. The first-order valence-corrected chi connectivity index (χ1v) is 8.14. The van der Waals surface area contributed by atoms with Crippen LogP contribution >= 0.6 is 15.9 Å². The molecule has 2 aromatic carbocycles. The number of rotatable bonds is 3. The summed E-state index contributed by atoms with van der Waals surface area (Å²) in [5, 5.41) is 5.41. The molecule has 2 rings (SSSR count). The molecule has 0 saturated carbocycles. The van der Waals surface area contributed by atoms with Gasteiger partial charge in [-0.2, -0.15) is 0 Å². The number of benzene rings is 2. The lowest BCUT2D eigenvalue weighted by Crippen LogP contribution is -2.27. The summed E-state index contributed by atoms with van der Waals surface area (Å²) < 4.78 is 14.4. The van der Waals surface area contributed by atoms with E-state index in [0.29, 0.717) is 15.8 Å². The number of anilines is 2. The SMILES string of the molecule is CC(C)(C)C(=O)Nc1cccc(NC(=O)c2ccc(Br)cc2F)c1. The Hall–Kier alpha value is -2.21. The van der Waals surface area contributed by atoms with Gasteiger partial charge >= 0.3 is 0 Å². The van der Waals surface area contributed by atoms with Gasteiger partial charge in [-0.15, -0.1) is 0 Å². The maximum atomic E-state index is 13.8. The zero-order valence-electron chi connectivity index (χ0n) is 13.6. The summed E-state index contributed by atoms with van der Waals surface area (Å²) in [4.78, 5) is 24.2. The van der Waals surface area contributed by atoms with Crippen molar-refractivity contribution in [1.29, 1.82) is 0 Å². The van der Waals surface area contributed by atoms with E-state index < -0.39 is 17.1 Å². The molecule has 6 heteroatoms. The predicted molar refractivity (Wildman–Crippen MR) is 96.6 cm³/mol. The highest BCUT2D eigenvalue weighted by Gasteiger charge is 2.21. The summed E-state index contributed by atoms with van der Waals surface area (Å²) in [5.41, 5.74) is 0.445. The van der Waals surface area contributed by atoms with Crippen molar-refractivity contribution in [3.8, 4) is 0 Å². The maximum Gasteiger partial charge on any atom is 0.258 e. The van der Waals surface area contributed by atoms with Gasteiger partial charge in [-0.1, -0.05) is 42.8 Å². The second-order valence-corrected chi connectivity index (χ2v) is 7.28. The molecule has 0 aliphatic carbocycles. The lowest BCUT2D eigenvalue weighted by atomic mass is 9.95. The molecule has 2 N–H and O–H groups in total. The molecule has 0 aliphatic heterocycles. The summed E-state index contributed by atoms with van der Waals surface area (Å²) in [6.45, 7) is 5.43. The van der Waals surface area contributed by atoms with Gasteiger partial charge in [0.15, 0.2) is 0 Å². The third-order valence-electron chi connectivity index (χ3n) is 3.24. The molecular formula is C18H18BrFN2O2. The Morgan fingerprint density at radius 2 is 1.62 bits per heavy atom. The van der Waals surface area contributed by atoms with Gasteiger partial charge in [0.25, 0.3) is 5.91 Å². The molecule has 0 atom stereocenters. The minimum absolute atomic E-state index is 0.0534. The molecule has 2 amide bonds. The molecule has 4 nitrogen and oxygen atoms in total. The highest BCUT2D eigenvalue weighted by Crippen LogP contribution is 2.21. The molecule has 126 valence electrons. The Kier molecular flexibility index (Phi) is 5.39. The second kappa shape index (κ2) is 7.13. The van der Waals surface area contributed by atoms with Gasteiger partial charge in [-0.05, 0) is 36.4 Å². The Balaban J connectivity index is 2.14. The summed E-state index contributed by atoms with van der Waals surface area (Å²) >= 11 is 3.15. The van der Waals surface area contributed by atoms with Crippen molar-refractivity contribution in [3.63, 3.8) is 0 Å². The number of halogens is 2. The summed E-state index contributed by atoms with van der Waals surface area (Å²) in [6.07, 6.45) is 0. The van der Waals surface area contributed by atoms with Crippen molar-refractivity contribution >= 4 is 39.1 Å². The average Bonchev–Trinajstić information content (AvgIpc) is 2.46. The zero-order chi connectivity index (χ0) is 17.9. The quantitative estimate of drug-likeness (QED) is 0.785. The van der Waals surface area contributed by atoms with Crippen LogP contribution in [0.2, 0.25) is 0 Å². The van der Waals surface area contributed by atoms with Crippen LogP contribution < -0.4 is 10.6 Å². The molecular weight excluding hydrogens is 375 g/mol. The number of nitrogens with one attached hydrogen (secondary N) is 2. The molecule has 0 spiro atoms. The van der Waals surface area contributed by atoms with Crippen LogP contribution in [0.3, 0.4) is 0 Å². The van der Waals surface area contributed by atoms with E-state index in [4.69, 9.17) is 0 Å². The number of hydrogen-bond donors (Lipinski definition) is 2. The van der Waals surface area contributed by atoms with Crippen molar-refractivity contribution in [2.75, 3.05) is 10.6 Å². The lowest BCUT2D eigenvalue weighted by Gasteiger charge is -2.18. The summed E-state index contributed by atoms with van der Waals surface area (Å²) in [7, 11) is 0. The maximum absolute atomic E-state index is 13.8. The predicted octanol–water partition coefficient (Wildman–Crippen LogP) is 4.83. The van der Waals surface area contributed by atoms with Crippen molar-refractivity contribution < 1.29 is 14.0 Å². The second-order valence-electron chi connectivity index (χ2n) is 6.36. The average molecular weight is 393 g/mol. The highest BCUT2D eigenvalue weighted by molar-refractivity contribution is 9.10. The fourth-order valence-electron chi connectivity index (χ4n) is 1.87. The van der Waals surface area contributed by atoms with Gasteiger partial charge in [-0.25, -0.2) is 4.39 Å². The van der Waals surface area contributed by atoms with E-state index in [2.05, 4.69) is 26.6 Å². The summed E-state index contributed by atoms with van der Waals surface area (Å²) in [5.74, 6) is -1.30. The van der Waals surface area contributed by atoms with Crippen LogP contribution in [0.4, 0.5) is 15.8 Å². The van der Waals surface area contributed by atoms with E-state index in [9.17, 15) is 14.0 Å². The minimum atomic E-state index is -0.612. The Morgan fingerprint density at radius 3 is 2.21 bits per heavy atom. The van der Waals surface area contributed by atoms with Gasteiger partial charge in [0.1, 0.15) is 5.82 Å². The van der Waals surface area contributed by atoms with Crippen LogP contribution in [0.5, 0.6) is 0 Å². The van der Waals surface area contributed by atoms with E-state index in [1.807, 2.05) is 20.8 Å². The third kappa shape index (κ3) is 4.64. The molecule has 0 fully saturated rings. The molecule has 24 heavy (non-hydrogen) atoms. The standard InChI is InChI=1S/C18H18BrFN2O2/c1-18(2,3)17(24)22-13-6-4-5-12(10-13)21-16(23)14-8-7-11(19)9-15(14)20/h4-10H,1-3H3,(H,21,23)(H,22,24). The van der Waals surface area contributed by atoms with Crippen LogP contribution in [0.15, 0.2) is 46.9 Å². The molecule has 0 unspecified atom stereocenters. The number of carbonyl (C=O) groups is 2. The van der Waals surface area contributed by atoms with Gasteiger partial charge < -0.3 is 10.6 Å². The monoisotopic (exact) mass is 392 g/mol. The van der Waals surface area contributed by atoms with Gasteiger partial charge in [0, 0.05) is 21.3 Å². The van der Waals surface area contributed by atoms with Crippen molar-refractivity contribution in [2.24, 2.45) is 5.41 Å². The van der Waals surface area contributed by atoms with E-state index in [1.165, 1.54) is 12.1 Å². The van der Waals surface area contributed by atoms with E-state index in [0.717, 1.165) is 0 Å². The third-order valence-corrected chi connectivity index (χ3v) is 3.73. The van der Waals surface area contributed by atoms with Crippen LogP contribution in [0.25, 0.3) is 0 Å². The molecule has 2 aromatic rings. The fourth-order valence-corrected chi connectivity index (χ4v) is 2.20. The van der Waals surface area contributed by atoms with Crippen LogP contribution in [0.1, 0.15) is 31.1 Å². The van der Waals surface area contributed by atoms with Gasteiger partial charge in [0.2, 0.25) is 5.91 Å². The van der Waals surface area contributed by atoms with E-state index in [-0.39, 0.29) is 11.5 Å². The fraction of sp³-hybridized carbons (Fsp3) is 0.222. The van der Waals surface area contributed by atoms with Gasteiger partial charge in [-0.3, -0.25) is 9.59 Å². The molecule has 0 aliphatic rings. The number of amides is 2. The first-order valence-electron chi connectivity index (χ1n) is 7.35. The minimum Gasteiger partial charge on any atom is -0.326 e. The zero-order valence-corrected chi connectivity index (χ0v) is 15.2. The highest BCUT2D eigenvalue weighted by atomic mass is 79.9. The summed E-state index contributed by atoms with van der Waals surface area (Å²) in [6, 6.07) is 10.9. The van der Waals surface area contributed by atoms with E-state index >= 15 is 0 Å². The molecule has 0 saturated heterocycles. The number of carbonyl (C=O) groups excluding carboxylic acids is 2. The molecule has 0 aromatic heterocycles. The first kappa shape index (κ1) is 18.1. The van der Waals surface area contributed by atoms with Gasteiger partial charge in [0.05, 0.1) is 5.56 Å². The Bertz CT molecular complexity index is 785. The molecule has 0 heterocycles. The smallest absolute Gasteiger partial charge is 0.258 e. The van der Waals surface area contributed by atoms with E-state index in [1.54, 1.807) is 30.3 Å². The van der Waals surface area contributed by atoms with Crippen LogP contribution in [-0.4, -0.2) is 11.8 Å². The van der Waals surface area contributed by atoms with Crippen molar-refractivity contribution in [1.82, 2.24) is 0 Å². The number of hydrogen-bond acceptors (Lipinski definition) is 2. The normalized spacial score (nSPS) is 11.0. The van der Waals surface area contributed by atoms with Crippen LogP contribution in [-0.2, 0) is 4.79 Å². The van der Waals surface area contributed by atoms with Crippen molar-refractivity contribution in [2.45, 2.75) is 20.8 Å². The van der Waals surface area contributed by atoms with Crippen molar-refractivity contribution in [3.05, 3.63) is 58.3 Å². The molecule has 0 radical (unpaired) electrons. The lowest BCUT2D eigenvalue weighted by molar-refractivity contribution is -0.123. The largest absolute Gasteiger partial charge is 0.326 e. The van der Waals surface area contributed by atoms with Crippen LogP contribution in [0, 0.1) is 11.2 Å². The Morgan fingerprint density at radius 1 is 1.00 bits per heavy atom. The molecule has 0 bridgehead atoms. The Labute approximate surface area is 148 Å². The topological polar surface area (TPSA) is 58.2 Å².